The molecule has 3 heteroatoms. The molecule has 2 aromatic rings. The van der Waals surface area contributed by atoms with Crippen LogP contribution in [-0.2, 0) is 0 Å². The highest BCUT2D eigenvalue weighted by Gasteiger charge is 2.43. The van der Waals surface area contributed by atoms with Crippen LogP contribution in [0.5, 0.6) is 0 Å². The minimum Gasteiger partial charge on any atom is -0.313 e. The maximum atomic E-state index is 13.4. The van der Waals surface area contributed by atoms with Gasteiger partial charge in [-0.3, -0.25) is 0 Å². The molecule has 3 unspecified atom stereocenters. The second-order valence-corrected chi connectivity index (χ2v) is 5.36. The summed E-state index contributed by atoms with van der Waals surface area (Å²) < 4.78 is 26.4. The number of rotatable bonds is 4. The van der Waals surface area contributed by atoms with Crippen LogP contribution < -0.4 is 5.32 Å². The van der Waals surface area contributed by atoms with Crippen LogP contribution in [0.15, 0.2) is 48.5 Å². The lowest BCUT2D eigenvalue weighted by Gasteiger charge is -2.17. The third-order valence-corrected chi connectivity index (χ3v) is 4.11. The summed E-state index contributed by atoms with van der Waals surface area (Å²) in [6.45, 7) is 0. The van der Waals surface area contributed by atoms with E-state index in [0.29, 0.717) is 11.8 Å². The Morgan fingerprint density at radius 3 is 2.45 bits per heavy atom. The zero-order valence-electron chi connectivity index (χ0n) is 11.3. The molecular formula is C17H17F2N. The summed E-state index contributed by atoms with van der Waals surface area (Å²) >= 11 is 0. The molecular weight excluding hydrogens is 256 g/mol. The van der Waals surface area contributed by atoms with Gasteiger partial charge in [0.15, 0.2) is 11.6 Å². The zero-order valence-corrected chi connectivity index (χ0v) is 11.3. The van der Waals surface area contributed by atoms with Crippen LogP contribution in [0.4, 0.5) is 8.78 Å². The highest BCUT2D eigenvalue weighted by atomic mass is 19.2. The number of nitrogens with one attached hydrogen (secondary N) is 1. The molecule has 1 aliphatic carbocycles. The van der Waals surface area contributed by atoms with E-state index in [9.17, 15) is 8.78 Å². The molecule has 0 bridgehead atoms. The normalized spacial score (nSPS) is 22.6. The maximum absolute atomic E-state index is 13.4. The van der Waals surface area contributed by atoms with Crippen LogP contribution in [0.25, 0.3) is 0 Å². The Labute approximate surface area is 117 Å². The molecule has 0 aromatic heterocycles. The lowest BCUT2D eigenvalue weighted by Crippen LogP contribution is -2.19. The smallest absolute Gasteiger partial charge is 0.159 e. The van der Waals surface area contributed by atoms with Crippen molar-refractivity contribution in [3.05, 3.63) is 71.3 Å². The third kappa shape index (κ3) is 2.46. The van der Waals surface area contributed by atoms with Gasteiger partial charge in [0.1, 0.15) is 0 Å². The van der Waals surface area contributed by atoms with E-state index in [2.05, 4.69) is 17.4 Å². The number of halogens is 2. The minimum absolute atomic E-state index is 0.0651. The van der Waals surface area contributed by atoms with Crippen molar-refractivity contribution in [2.75, 3.05) is 7.05 Å². The molecule has 2 aromatic carbocycles. The number of hydrogen-bond acceptors (Lipinski definition) is 1. The van der Waals surface area contributed by atoms with Gasteiger partial charge in [-0.15, -0.1) is 0 Å². The molecule has 20 heavy (non-hydrogen) atoms. The van der Waals surface area contributed by atoms with E-state index in [1.165, 1.54) is 17.7 Å². The average molecular weight is 273 g/mol. The van der Waals surface area contributed by atoms with Gasteiger partial charge in [-0.05, 0) is 48.6 Å². The predicted octanol–water partition coefficient (Wildman–Crippen LogP) is 4.03. The SMILES string of the molecule is CNC(c1ccc(F)c(F)c1)C1CC1c1ccccc1. The van der Waals surface area contributed by atoms with Gasteiger partial charge in [0.05, 0.1) is 0 Å². The van der Waals surface area contributed by atoms with Gasteiger partial charge >= 0.3 is 0 Å². The standard InChI is InChI=1S/C17H17F2N/c1-20-17(12-7-8-15(18)16(19)9-12)14-10-13(14)11-5-3-2-4-6-11/h2-9,13-14,17,20H,10H2,1H3. The Kier molecular flexibility index (Phi) is 3.53. The summed E-state index contributed by atoms with van der Waals surface area (Å²) in [5, 5.41) is 3.24. The summed E-state index contributed by atoms with van der Waals surface area (Å²) in [6, 6.07) is 14.6. The van der Waals surface area contributed by atoms with E-state index in [-0.39, 0.29) is 6.04 Å². The average Bonchev–Trinajstić information content (AvgIpc) is 3.25. The summed E-state index contributed by atoms with van der Waals surface area (Å²) in [5.41, 5.74) is 2.13. The first-order chi connectivity index (χ1) is 9.70. The van der Waals surface area contributed by atoms with Gasteiger partial charge < -0.3 is 5.32 Å². The van der Waals surface area contributed by atoms with Crippen LogP contribution in [0.1, 0.15) is 29.5 Å². The third-order valence-electron chi connectivity index (χ3n) is 4.11. The second-order valence-electron chi connectivity index (χ2n) is 5.36. The van der Waals surface area contributed by atoms with E-state index in [1.54, 1.807) is 6.07 Å². The van der Waals surface area contributed by atoms with Gasteiger partial charge in [0.2, 0.25) is 0 Å². The van der Waals surface area contributed by atoms with Gasteiger partial charge in [-0.1, -0.05) is 36.4 Å². The van der Waals surface area contributed by atoms with Crippen molar-refractivity contribution >= 4 is 0 Å². The highest BCUT2D eigenvalue weighted by molar-refractivity contribution is 5.31. The summed E-state index contributed by atoms with van der Waals surface area (Å²) in [7, 11) is 1.87. The van der Waals surface area contributed by atoms with Crippen molar-refractivity contribution in [3.8, 4) is 0 Å². The lowest BCUT2D eigenvalue weighted by molar-refractivity contribution is 0.488. The molecule has 0 aliphatic heterocycles. The Hall–Kier alpha value is -1.74. The van der Waals surface area contributed by atoms with Crippen molar-refractivity contribution < 1.29 is 8.78 Å². The molecule has 0 heterocycles. The molecule has 0 radical (unpaired) electrons. The van der Waals surface area contributed by atoms with Crippen LogP contribution in [0, 0.1) is 17.6 Å². The molecule has 1 N–H and O–H groups in total. The van der Waals surface area contributed by atoms with E-state index in [4.69, 9.17) is 0 Å². The molecule has 0 spiro atoms. The van der Waals surface area contributed by atoms with Crippen molar-refractivity contribution in [2.24, 2.45) is 5.92 Å². The Bertz CT molecular complexity index is 597. The summed E-state index contributed by atoms with van der Waals surface area (Å²) in [5.74, 6) is -0.632. The molecule has 3 rings (SSSR count). The van der Waals surface area contributed by atoms with Crippen LogP contribution in [0.2, 0.25) is 0 Å². The fourth-order valence-electron chi connectivity index (χ4n) is 3.00. The molecule has 1 saturated carbocycles. The topological polar surface area (TPSA) is 12.0 Å². The van der Waals surface area contributed by atoms with Crippen LogP contribution in [0.3, 0.4) is 0 Å². The first-order valence-electron chi connectivity index (χ1n) is 6.88. The van der Waals surface area contributed by atoms with Crippen LogP contribution >= 0.6 is 0 Å². The largest absolute Gasteiger partial charge is 0.313 e. The maximum Gasteiger partial charge on any atom is 0.159 e. The molecule has 1 fully saturated rings. The van der Waals surface area contributed by atoms with Crippen molar-refractivity contribution in [1.82, 2.24) is 5.32 Å². The minimum atomic E-state index is -0.793. The Morgan fingerprint density at radius 1 is 1.05 bits per heavy atom. The molecule has 1 aliphatic rings. The summed E-state index contributed by atoms with van der Waals surface area (Å²) in [4.78, 5) is 0. The first-order valence-corrected chi connectivity index (χ1v) is 6.88. The molecule has 0 amide bonds. The van der Waals surface area contributed by atoms with Gasteiger partial charge in [-0.2, -0.15) is 0 Å². The van der Waals surface area contributed by atoms with Gasteiger partial charge in [0.25, 0.3) is 0 Å². The predicted molar refractivity (Wildman–Crippen MR) is 75.4 cm³/mol. The molecule has 1 nitrogen and oxygen atoms in total. The van der Waals surface area contributed by atoms with Crippen molar-refractivity contribution in [1.29, 1.82) is 0 Å². The monoisotopic (exact) mass is 273 g/mol. The van der Waals surface area contributed by atoms with E-state index < -0.39 is 11.6 Å². The fraction of sp³-hybridized carbons (Fsp3) is 0.294. The van der Waals surface area contributed by atoms with Gasteiger partial charge in [-0.25, -0.2) is 8.78 Å². The fourth-order valence-corrected chi connectivity index (χ4v) is 3.00. The second kappa shape index (κ2) is 5.33. The molecule has 3 atom stereocenters. The quantitative estimate of drug-likeness (QED) is 0.887. The van der Waals surface area contributed by atoms with E-state index >= 15 is 0 Å². The first kappa shape index (κ1) is 13.3. The lowest BCUT2D eigenvalue weighted by atomic mass is 9.98. The zero-order chi connectivity index (χ0) is 14.1. The molecule has 0 saturated heterocycles. The summed E-state index contributed by atoms with van der Waals surface area (Å²) in [6.07, 6.45) is 1.08. The Morgan fingerprint density at radius 2 is 1.80 bits per heavy atom. The Balaban J connectivity index is 1.80. The highest BCUT2D eigenvalue weighted by Crippen LogP contribution is 2.53. The van der Waals surface area contributed by atoms with E-state index in [1.807, 2.05) is 25.2 Å². The van der Waals surface area contributed by atoms with Crippen molar-refractivity contribution in [3.63, 3.8) is 0 Å². The van der Waals surface area contributed by atoms with Crippen molar-refractivity contribution in [2.45, 2.75) is 18.4 Å². The van der Waals surface area contributed by atoms with E-state index in [0.717, 1.165) is 12.0 Å². The van der Waals surface area contributed by atoms with Crippen LogP contribution in [-0.4, -0.2) is 7.05 Å². The van der Waals surface area contributed by atoms with Gasteiger partial charge in [0, 0.05) is 6.04 Å². The number of benzene rings is 2. The molecule has 104 valence electrons. The number of hydrogen-bond donors (Lipinski definition) is 1.